The van der Waals surface area contributed by atoms with Gasteiger partial charge in [0.1, 0.15) is 0 Å². The van der Waals surface area contributed by atoms with Gasteiger partial charge in [-0.05, 0) is 50.7 Å². The van der Waals surface area contributed by atoms with Gasteiger partial charge in [0.2, 0.25) is 5.91 Å². The Hall–Kier alpha value is -1.42. The third-order valence-corrected chi connectivity index (χ3v) is 3.83. The lowest BCUT2D eigenvalue weighted by Crippen LogP contribution is -2.33. The van der Waals surface area contributed by atoms with Gasteiger partial charge >= 0.3 is 0 Å². The van der Waals surface area contributed by atoms with Crippen molar-refractivity contribution in [2.45, 2.75) is 38.6 Å². The molecule has 1 aromatic rings. The van der Waals surface area contributed by atoms with E-state index in [2.05, 4.69) is 17.2 Å². The van der Waals surface area contributed by atoms with Crippen LogP contribution in [-0.2, 0) is 4.79 Å². The largest absolute Gasteiger partial charge is 0.328 e. The summed E-state index contributed by atoms with van der Waals surface area (Å²) in [6, 6.07) is 3.87. The molecule has 1 heterocycles. The third kappa shape index (κ3) is 3.29. The van der Waals surface area contributed by atoms with Crippen molar-refractivity contribution in [1.82, 2.24) is 4.98 Å². The molecule has 0 spiro atoms. The highest BCUT2D eigenvalue weighted by atomic mass is 16.1. The van der Waals surface area contributed by atoms with E-state index in [9.17, 15) is 4.79 Å². The van der Waals surface area contributed by atoms with Crippen molar-refractivity contribution < 1.29 is 4.79 Å². The predicted molar refractivity (Wildman–Crippen MR) is 72.0 cm³/mol. The van der Waals surface area contributed by atoms with E-state index in [4.69, 9.17) is 5.73 Å². The second-order valence-electron chi connectivity index (χ2n) is 5.20. The molecule has 4 heteroatoms. The lowest BCUT2D eigenvalue weighted by Gasteiger charge is -2.29. The number of nitrogens with zero attached hydrogens (tertiary/aromatic N) is 1. The van der Waals surface area contributed by atoms with Gasteiger partial charge in [0.05, 0.1) is 0 Å². The summed E-state index contributed by atoms with van der Waals surface area (Å²) in [5.74, 6) is 0.840. The third-order valence-electron chi connectivity index (χ3n) is 3.83. The highest BCUT2D eigenvalue weighted by Gasteiger charge is 2.27. The summed E-state index contributed by atoms with van der Waals surface area (Å²) in [6.07, 6.45) is 7.38. The van der Waals surface area contributed by atoms with Crippen molar-refractivity contribution in [3.8, 4) is 0 Å². The molecule has 1 atom stereocenters. The van der Waals surface area contributed by atoms with Gasteiger partial charge in [0.15, 0.2) is 0 Å². The van der Waals surface area contributed by atoms with Gasteiger partial charge in [0.25, 0.3) is 0 Å². The van der Waals surface area contributed by atoms with E-state index in [1.54, 1.807) is 12.4 Å². The molecule has 1 saturated carbocycles. The molecule has 1 amide bonds. The Morgan fingerprint density at radius 3 is 2.50 bits per heavy atom. The first-order chi connectivity index (χ1) is 8.66. The van der Waals surface area contributed by atoms with Crippen LogP contribution in [0.5, 0.6) is 0 Å². The molecule has 1 aromatic heterocycles. The number of carbonyl (C=O) groups is 1. The summed E-state index contributed by atoms with van der Waals surface area (Å²) in [5.41, 5.74) is 6.73. The number of hydrogen-bond donors (Lipinski definition) is 2. The predicted octanol–water partition coefficient (Wildman–Crippen LogP) is 2.17. The van der Waals surface area contributed by atoms with E-state index < -0.39 is 0 Å². The molecular formula is C14H21N3O. The Balaban J connectivity index is 1.85. The topological polar surface area (TPSA) is 68.0 Å². The molecule has 1 unspecified atom stereocenters. The van der Waals surface area contributed by atoms with E-state index >= 15 is 0 Å². The lowest BCUT2D eigenvalue weighted by atomic mass is 9.79. The zero-order valence-corrected chi connectivity index (χ0v) is 10.8. The van der Waals surface area contributed by atoms with Crippen molar-refractivity contribution in [2.75, 3.05) is 5.32 Å². The Kier molecular flexibility index (Phi) is 4.31. The highest BCUT2D eigenvalue weighted by Crippen LogP contribution is 2.30. The fourth-order valence-electron chi connectivity index (χ4n) is 2.59. The van der Waals surface area contributed by atoms with Crippen LogP contribution in [0, 0.1) is 11.8 Å². The fraction of sp³-hybridized carbons (Fsp3) is 0.571. The number of aromatic nitrogens is 1. The van der Waals surface area contributed by atoms with Crippen LogP contribution in [0.25, 0.3) is 0 Å². The molecule has 0 radical (unpaired) electrons. The maximum Gasteiger partial charge on any atom is 0.227 e. The molecule has 1 aliphatic rings. The average molecular weight is 247 g/mol. The second-order valence-corrected chi connectivity index (χ2v) is 5.20. The van der Waals surface area contributed by atoms with Crippen LogP contribution in [0.15, 0.2) is 24.5 Å². The monoisotopic (exact) mass is 247 g/mol. The molecule has 18 heavy (non-hydrogen) atoms. The number of rotatable bonds is 3. The quantitative estimate of drug-likeness (QED) is 0.860. The molecule has 4 nitrogen and oxygen atoms in total. The summed E-state index contributed by atoms with van der Waals surface area (Å²) in [4.78, 5) is 16.0. The zero-order valence-electron chi connectivity index (χ0n) is 10.8. The Morgan fingerprint density at radius 2 is 1.94 bits per heavy atom. The first-order valence-corrected chi connectivity index (χ1v) is 6.63. The number of hydrogen-bond acceptors (Lipinski definition) is 3. The number of pyridine rings is 1. The summed E-state index contributed by atoms with van der Waals surface area (Å²) >= 11 is 0. The zero-order chi connectivity index (χ0) is 13.0. The van der Waals surface area contributed by atoms with Crippen LogP contribution in [0.3, 0.4) is 0 Å². The van der Waals surface area contributed by atoms with Crippen LogP contribution in [0.2, 0.25) is 0 Å². The van der Waals surface area contributed by atoms with Crippen LogP contribution >= 0.6 is 0 Å². The number of anilines is 1. The SMILES string of the molecule is CC(N)[C@H]1CC[C@@H](C(=O)Nc2ccncc2)CC1. The number of nitrogens with two attached hydrogens (primary N) is 1. The molecule has 0 saturated heterocycles. The van der Waals surface area contributed by atoms with Crippen molar-refractivity contribution in [3.05, 3.63) is 24.5 Å². The minimum Gasteiger partial charge on any atom is -0.328 e. The maximum absolute atomic E-state index is 12.1. The molecule has 3 N–H and O–H groups in total. The minimum atomic E-state index is 0.129. The van der Waals surface area contributed by atoms with Gasteiger partial charge in [-0.25, -0.2) is 0 Å². The smallest absolute Gasteiger partial charge is 0.227 e. The lowest BCUT2D eigenvalue weighted by molar-refractivity contribution is -0.121. The first-order valence-electron chi connectivity index (χ1n) is 6.63. The highest BCUT2D eigenvalue weighted by molar-refractivity contribution is 5.92. The van der Waals surface area contributed by atoms with Crippen LogP contribution in [0.4, 0.5) is 5.69 Å². The number of amides is 1. The molecule has 0 aliphatic heterocycles. The van der Waals surface area contributed by atoms with E-state index in [-0.39, 0.29) is 17.9 Å². The van der Waals surface area contributed by atoms with Crippen LogP contribution in [-0.4, -0.2) is 16.9 Å². The fourth-order valence-corrected chi connectivity index (χ4v) is 2.59. The summed E-state index contributed by atoms with van der Waals surface area (Å²) in [7, 11) is 0. The Bertz CT molecular complexity index is 383. The Labute approximate surface area is 108 Å². The van der Waals surface area contributed by atoms with E-state index in [1.165, 1.54) is 0 Å². The molecule has 0 aromatic carbocycles. The molecule has 1 fully saturated rings. The molecule has 2 rings (SSSR count). The summed E-state index contributed by atoms with van der Waals surface area (Å²) in [6.45, 7) is 2.06. The van der Waals surface area contributed by atoms with E-state index in [0.29, 0.717) is 5.92 Å². The van der Waals surface area contributed by atoms with Crippen molar-refractivity contribution in [2.24, 2.45) is 17.6 Å². The molecule has 98 valence electrons. The van der Waals surface area contributed by atoms with Crippen LogP contribution in [0.1, 0.15) is 32.6 Å². The maximum atomic E-state index is 12.1. The van der Waals surface area contributed by atoms with Crippen molar-refractivity contribution >= 4 is 11.6 Å². The molecular weight excluding hydrogens is 226 g/mol. The van der Waals surface area contributed by atoms with Crippen LogP contribution < -0.4 is 11.1 Å². The Morgan fingerprint density at radius 1 is 1.33 bits per heavy atom. The van der Waals surface area contributed by atoms with Crippen molar-refractivity contribution in [1.29, 1.82) is 0 Å². The van der Waals surface area contributed by atoms with Gasteiger partial charge in [-0.15, -0.1) is 0 Å². The molecule has 0 bridgehead atoms. The van der Waals surface area contributed by atoms with Gasteiger partial charge in [-0.2, -0.15) is 0 Å². The van der Waals surface area contributed by atoms with Gasteiger partial charge < -0.3 is 11.1 Å². The van der Waals surface area contributed by atoms with Gasteiger partial charge in [0, 0.05) is 30.0 Å². The average Bonchev–Trinajstić information content (AvgIpc) is 2.40. The number of nitrogens with one attached hydrogen (secondary N) is 1. The number of carbonyl (C=O) groups excluding carboxylic acids is 1. The van der Waals surface area contributed by atoms with Crippen molar-refractivity contribution in [3.63, 3.8) is 0 Å². The van der Waals surface area contributed by atoms with Gasteiger partial charge in [-0.1, -0.05) is 0 Å². The van der Waals surface area contributed by atoms with E-state index in [0.717, 1.165) is 31.4 Å². The minimum absolute atomic E-state index is 0.129. The van der Waals surface area contributed by atoms with Gasteiger partial charge in [-0.3, -0.25) is 9.78 Å². The van der Waals surface area contributed by atoms with E-state index in [1.807, 2.05) is 12.1 Å². The summed E-state index contributed by atoms with van der Waals surface area (Å²) < 4.78 is 0. The first kappa shape index (κ1) is 13.0. The standard InChI is InChI=1S/C14H21N3O/c1-10(15)11-2-4-12(5-3-11)14(18)17-13-6-8-16-9-7-13/h6-12H,2-5,15H2,1H3,(H,16,17,18)/t10?,11-,12+. The molecule has 1 aliphatic carbocycles. The normalized spacial score (nSPS) is 25.4. The summed E-state index contributed by atoms with van der Waals surface area (Å²) in [5, 5.41) is 2.95. The second kappa shape index (κ2) is 5.96.